The van der Waals surface area contributed by atoms with Crippen LogP contribution in [0.3, 0.4) is 0 Å². The quantitative estimate of drug-likeness (QED) is 0.648. The molecule has 1 heterocycles. The summed E-state index contributed by atoms with van der Waals surface area (Å²) in [6, 6.07) is 6.53. The van der Waals surface area contributed by atoms with Crippen molar-refractivity contribution >= 4 is 35.3 Å². The van der Waals surface area contributed by atoms with Crippen LogP contribution >= 0.6 is 23.4 Å². The maximum Gasteiger partial charge on any atom is 0.321 e. The minimum Gasteiger partial charge on any atom is -0.486 e. The van der Waals surface area contributed by atoms with Gasteiger partial charge in [-0.3, -0.25) is 10.1 Å². The average molecular weight is 412 g/mol. The summed E-state index contributed by atoms with van der Waals surface area (Å²) in [6.45, 7) is 4.05. The van der Waals surface area contributed by atoms with Crippen LogP contribution in [-0.4, -0.2) is 38.5 Å². The van der Waals surface area contributed by atoms with E-state index in [1.54, 1.807) is 35.9 Å². The number of carbonyl (C=O) groups is 2. The first-order valence-corrected chi connectivity index (χ1v) is 9.75. The molecule has 10 heteroatoms. The first-order chi connectivity index (χ1) is 12.9. The number of thioether (sulfide) groups is 1. The third-order valence-corrected chi connectivity index (χ3v) is 4.95. The largest absolute Gasteiger partial charge is 0.486 e. The third kappa shape index (κ3) is 6.76. The zero-order valence-corrected chi connectivity index (χ0v) is 16.9. The molecular formula is C17H22ClN5O3S. The molecule has 27 heavy (non-hydrogen) atoms. The number of halogens is 1. The molecular weight excluding hydrogens is 390 g/mol. The van der Waals surface area contributed by atoms with Gasteiger partial charge in [0, 0.05) is 18.1 Å². The molecule has 0 saturated heterocycles. The number of hydrogen-bond acceptors (Lipinski definition) is 6. The Kier molecular flexibility index (Phi) is 7.93. The molecule has 2 aromatic rings. The Labute approximate surface area is 167 Å². The van der Waals surface area contributed by atoms with Gasteiger partial charge in [-0.05, 0) is 37.6 Å². The van der Waals surface area contributed by atoms with Crippen molar-refractivity contribution in [3.63, 3.8) is 0 Å². The van der Waals surface area contributed by atoms with Crippen molar-refractivity contribution in [2.75, 3.05) is 5.75 Å². The maximum absolute atomic E-state index is 11.9. The number of ether oxygens (including phenoxy) is 1. The average Bonchev–Trinajstić information content (AvgIpc) is 2.99. The lowest BCUT2D eigenvalue weighted by molar-refractivity contribution is -0.117. The van der Waals surface area contributed by atoms with E-state index in [9.17, 15) is 9.59 Å². The topological polar surface area (TPSA) is 98.1 Å². The van der Waals surface area contributed by atoms with Gasteiger partial charge in [0.1, 0.15) is 12.4 Å². The highest BCUT2D eigenvalue weighted by atomic mass is 35.5. The number of imide groups is 1. The van der Waals surface area contributed by atoms with Crippen LogP contribution in [0.25, 0.3) is 0 Å². The number of hydrogen-bond donors (Lipinski definition) is 2. The molecule has 0 aliphatic carbocycles. The molecule has 1 atom stereocenters. The number of aromatic nitrogens is 3. The molecule has 2 N–H and O–H groups in total. The Bertz CT molecular complexity index is 781. The van der Waals surface area contributed by atoms with Crippen molar-refractivity contribution in [1.29, 1.82) is 0 Å². The summed E-state index contributed by atoms with van der Waals surface area (Å²) in [5.74, 6) is 0.936. The van der Waals surface area contributed by atoms with Crippen LogP contribution < -0.4 is 15.4 Å². The van der Waals surface area contributed by atoms with Crippen LogP contribution in [0.15, 0.2) is 29.4 Å². The molecule has 0 aliphatic rings. The van der Waals surface area contributed by atoms with Crippen molar-refractivity contribution < 1.29 is 14.3 Å². The third-order valence-electron chi connectivity index (χ3n) is 3.68. The minimum atomic E-state index is -0.495. The van der Waals surface area contributed by atoms with Crippen molar-refractivity contribution in [2.45, 2.75) is 38.1 Å². The summed E-state index contributed by atoms with van der Waals surface area (Å²) >= 11 is 7.03. The molecule has 0 spiro atoms. The van der Waals surface area contributed by atoms with E-state index in [0.717, 1.165) is 6.42 Å². The zero-order chi connectivity index (χ0) is 19.8. The number of carbonyl (C=O) groups excluding carboxylic acids is 2. The molecule has 0 saturated carbocycles. The summed E-state index contributed by atoms with van der Waals surface area (Å²) in [5, 5.41) is 14.3. The van der Waals surface area contributed by atoms with E-state index < -0.39 is 11.9 Å². The highest BCUT2D eigenvalue weighted by molar-refractivity contribution is 7.99. The Morgan fingerprint density at radius 3 is 2.67 bits per heavy atom. The number of nitrogens with zero attached hydrogens (tertiary/aromatic N) is 3. The van der Waals surface area contributed by atoms with Crippen LogP contribution in [0.5, 0.6) is 5.75 Å². The smallest absolute Gasteiger partial charge is 0.321 e. The summed E-state index contributed by atoms with van der Waals surface area (Å²) in [7, 11) is 1.79. The Morgan fingerprint density at radius 1 is 1.30 bits per heavy atom. The molecule has 8 nitrogen and oxygen atoms in total. The standard InChI is InChI=1S/C17H22ClN5O3S/c1-4-11(2)19-16(25)20-15(24)10-27-17-22-21-14(23(17)3)9-26-13-7-5-12(18)6-8-13/h5-8,11H,4,9-10H2,1-3H3,(H2,19,20,24,25)/t11-/m0/s1. The number of nitrogens with one attached hydrogen (secondary N) is 2. The first-order valence-electron chi connectivity index (χ1n) is 8.38. The normalized spacial score (nSPS) is 11.7. The van der Waals surface area contributed by atoms with E-state index in [1.807, 2.05) is 13.8 Å². The van der Waals surface area contributed by atoms with Crippen molar-refractivity contribution in [3.8, 4) is 5.75 Å². The van der Waals surface area contributed by atoms with Crippen LogP contribution in [0.4, 0.5) is 4.79 Å². The van der Waals surface area contributed by atoms with E-state index in [1.165, 1.54) is 11.8 Å². The number of rotatable bonds is 8. The molecule has 0 fully saturated rings. The van der Waals surface area contributed by atoms with E-state index in [4.69, 9.17) is 16.3 Å². The fourth-order valence-corrected chi connectivity index (χ4v) is 2.79. The second-order valence-corrected chi connectivity index (χ2v) is 7.20. The van der Waals surface area contributed by atoms with E-state index in [-0.39, 0.29) is 18.4 Å². The molecule has 3 amide bonds. The lowest BCUT2D eigenvalue weighted by Crippen LogP contribution is -2.43. The summed E-state index contributed by atoms with van der Waals surface area (Å²) in [4.78, 5) is 23.5. The van der Waals surface area contributed by atoms with Gasteiger partial charge in [0.2, 0.25) is 5.91 Å². The van der Waals surface area contributed by atoms with Gasteiger partial charge in [0.25, 0.3) is 0 Å². The van der Waals surface area contributed by atoms with E-state index in [0.29, 0.717) is 21.8 Å². The Hall–Kier alpha value is -2.26. The van der Waals surface area contributed by atoms with Gasteiger partial charge in [-0.2, -0.15) is 0 Å². The van der Waals surface area contributed by atoms with Gasteiger partial charge in [-0.1, -0.05) is 30.3 Å². The predicted octanol–water partition coefficient (Wildman–Crippen LogP) is 2.76. The molecule has 0 unspecified atom stereocenters. The lowest BCUT2D eigenvalue weighted by Gasteiger charge is -2.11. The van der Waals surface area contributed by atoms with E-state index >= 15 is 0 Å². The molecule has 2 rings (SSSR count). The molecule has 0 radical (unpaired) electrons. The van der Waals surface area contributed by atoms with Crippen LogP contribution in [-0.2, 0) is 18.4 Å². The molecule has 1 aromatic heterocycles. The van der Waals surface area contributed by atoms with E-state index in [2.05, 4.69) is 20.8 Å². The van der Waals surface area contributed by atoms with Crippen molar-refractivity contribution in [1.82, 2.24) is 25.4 Å². The second kappa shape index (κ2) is 10.2. The van der Waals surface area contributed by atoms with Gasteiger partial charge in [-0.15, -0.1) is 10.2 Å². The fourth-order valence-electron chi connectivity index (χ4n) is 1.93. The second-order valence-electron chi connectivity index (χ2n) is 5.82. The molecule has 1 aromatic carbocycles. The number of benzene rings is 1. The van der Waals surface area contributed by atoms with Crippen molar-refractivity contribution in [3.05, 3.63) is 35.1 Å². The fraction of sp³-hybridized carbons (Fsp3) is 0.412. The van der Waals surface area contributed by atoms with Crippen molar-refractivity contribution in [2.24, 2.45) is 7.05 Å². The van der Waals surface area contributed by atoms with Gasteiger partial charge in [0.15, 0.2) is 11.0 Å². The highest BCUT2D eigenvalue weighted by Crippen LogP contribution is 2.18. The Balaban J connectivity index is 1.81. The minimum absolute atomic E-state index is 0.00684. The molecule has 0 aliphatic heterocycles. The zero-order valence-electron chi connectivity index (χ0n) is 15.4. The van der Waals surface area contributed by atoms with Gasteiger partial charge < -0.3 is 14.6 Å². The maximum atomic E-state index is 11.9. The van der Waals surface area contributed by atoms with Crippen LogP contribution in [0.2, 0.25) is 5.02 Å². The van der Waals surface area contributed by atoms with Gasteiger partial charge in [0.05, 0.1) is 5.75 Å². The lowest BCUT2D eigenvalue weighted by atomic mass is 10.3. The monoisotopic (exact) mass is 411 g/mol. The molecule has 146 valence electrons. The number of urea groups is 1. The Morgan fingerprint density at radius 2 is 2.00 bits per heavy atom. The summed E-state index contributed by atoms with van der Waals surface area (Å²) in [6.07, 6.45) is 0.788. The SMILES string of the molecule is CC[C@H](C)NC(=O)NC(=O)CSc1nnc(COc2ccc(Cl)cc2)n1C. The summed E-state index contributed by atoms with van der Waals surface area (Å²) in [5.41, 5.74) is 0. The number of amides is 3. The summed E-state index contributed by atoms with van der Waals surface area (Å²) < 4.78 is 7.39. The van der Waals surface area contributed by atoms with Crippen LogP contribution in [0.1, 0.15) is 26.1 Å². The van der Waals surface area contributed by atoms with Gasteiger partial charge in [-0.25, -0.2) is 4.79 Å². The van der Waals surface area contributed by atoms with Crippen LogP contribution in [0, 0.1) is 0 Å². The van der Waals surface area contributed by atoms with Gasteiger partial charge >= 0.3 is 6.03 Å². The molecule has 0 bridgehead atoms. The predicted molar refractivity (Wildman–Crippen MR) is 104 cm³/mol. The first kappa shape index (κ1) is 21.0. The highest BCUT2D eigenvalue weighted by Gasteiger charge is 2.14.